The third-order valence-electron chi connectivity index (χ3n) is 5.56. The molecule has 2 aliphatic heterocycles. The number of anilines is 1. The number of piperazine rings is 1. The van der Waals surface area contributed by atoms with Crippen molar-refractivity contribution in [3.05, 3.63) is 47.5 Å². The minimum atomic E-state index is -0.630. The van der Waals surface area contributed by atoms with Crippen LogP contribution in [0.1, 0.15) is 6.42 Å². The van der Waals surface area contributed by atoms with Crippen LogP contribution >= 0.6 is 11.6 Å². The molecule has 0 aromatic heterocycles. The number of benzene rings is 2. The summed E-state index contributed by atoms with van der Waals surface area (Å²) in [6.07, 6.45) is -0.296. The van der Waals surface area contributed by atoms with Crippen LogP contribution in [0.2, 0.25) is 5.02 Å². The molecule has 1 N–H and O–H groups in total. The molecule has 2 amide bonds. The van der Waals surface area contributed by atoms with Crippen molar-refractivity contribution in [2.45, 2.75) is 12.5 Å². The Morgan fingerprint density at radius 3 is 2.62 bits per heavy atom. The predicted molar refractivity (Wildman–Crippen MR) is 121 cm³/mol. The van der Waals surface area contributed by atoms with Gasteiger partial charge < -0.3 is 24.4 Å². The van der Waals surface area contributed by atoms with Crippen LogP contribution in [0.15, 0.2) is 42.5 Å². The first-order chi connectivity index (χ1) is 15.5. The topological polar surface area (TPSA) is 80.3 Å². The third-order valence-corrected chi connectivity index (χ3v) is 5.79. The maximum atomic E-state index is 12.8. The fourth-order valence-electron chi connectivity index (χ4n) is 3.79. The highest BCUT2D eigenvalue weighted by Crippen LogP contribution is 2.31. The molecule has 0 aliphatic carbocycles. The quantitative estimate of drug-likeness (QED) is 0.715. The van der Waals surface area contributed by atoms with E-state index >= 15 is 0 Å². The van der Waals surface area contributed by atoms with Crippen molar-refractivity contribution in [2.75, 3.05) is 51.8 Å². The fourth-order valence-corrected chi connectivity index (χ4v) is 3.96. The lowest BCUT2D eigenvalue weighted by atomic mass is 10.2. The van der Waals surface area contributed by atoms with Gasteiger partial charge in [-0.15, -0.1) is 0 Å². The van der Waals surface area contributed by atoms with Crippen molar-refractivity contribution in [3.63, 3.8) is 0 Å². The van der Waals surface area contributed by atoms with Gasteiger partial charge in [0, 0.05) is 44.2 Å². The standard InChI is InChI=1S/C23H26ClN3O5/c1-30-18-7-6-16(24)14-17(18)25-22(28)8-9-26-10-12-27(13-11-26)23(29)21-15-31-19-4-2-3-5-20(19)32-21/h2-7,14,21H,8-13,15H2,1H3,(H,25,28)/t21-/m1/s1. The molecule has 0 spiro atoms. The Bertz CT molecular complexity index is 978. The van der Waals surface area contributed by atoms with Gasteiger partial charge in [-0.2, -0.15) is 0 Å². The molecule has 0 unspecified atom stereocenters. The van der Waals surface area contributed by atoms with Gasteiger partial charge in [0.1, 0.15) is 12.4 Å². The number of hydrogen-bond donors (Lipinski definition) is 1. The largest absolute Gasteiger partial charge is 0.495 e. The molecule has 0 radical (unpaired) electrons. The molecule has 32 heavy (non-hydrogen) atoms. The number of methoxy groups -OCH3 is 1. The smallest absolute Gasteiger partial charge is 0.267 e. The molecule has 4 rings (SSSR count). The van der Waals surface area contributed by atoms with E-state index in [0.717, 1.165) is 0 Å². The van der Waals surface area contributed by atoms with Gasteiger partial charge in [0.25, 0.3) is 5.91 Å². The van der Waals surface area contributed by atoms with Crippen LogP contribution in [-0.4, -0.2) is 74.2 Å². The number of amides is 2. The second-order valence-corrected chi connectivity index (χ2v) is 8.11. The van der Waals surface area contributed by atoms with Crippen LogP contribution in [0.4, 0.5) is 5.69 Å². The molecule has 2 aromatic rings. The number of ether oxygens (including phenoxy) is 3. The Hall–Kier alpha value is -2.97. The van der Waals surface area contributed by atoms with E-state index in [0.29, 0.717) is 67.1 Å². The number of carbonyl (C=O) groups is 2. The van der Waals surface area contributed by atoms with E-state index in [9.17, 15) is 9.59 Å². The Labute approximate surface area is 192 Å². The van der Waals surface area contributed by atoms with E-state index in [1.807, 2.05) is 18.2 Å². The first-order valence-electron chi connectivity index (χ1n) is 10.6. The number of nitrogens with zero attached hydrogens (tertiary/aromatic N) is 2. The first kappa shape index (κ1) is 22.2. The summed E-state index contributed by atoms with van der Waals surface area (Å²) in [5, 5.41) is 3.38. The Morgan fingerprint density at radius 1 is 1.12 bits per heavy atom. The summed E-state index contributed by atoms with van der Waals surface area (Å²) in [7, 11) is 1.54. The second kappa shape index (κ2) is 10.1. The van der Waals surface area contributed by atoms with Gasteiger partial charge in [0.15, 0.2) is 11.5 Å². The SMILES string of the molecule is COc1ccc(Cl)cc1NC(=O)CCN1CCN(C(=O)[C@H]2COc3ccccc3O2)CC1. The molecular formula is C23H26ClN3O5. The number of carbonyl (C=O) groups excluding carboxylic acids is 2. The maximum Gasteiger partial charge on any atom is 0.267 e. The molecule has 2 aromatic carbocycles. The van der Waals surface area contributed by atoms with E-state index < -0.39 is 6.10 Å². The zero-order valence-corrected chi connectivity index (χ0v) is 18.6. The number of fused-ring (bicyclic) bond motifs is 1. The summed E-state index contributed by atoms with van der Waals surface area (Å²) < 4.78 is 16.8. The summed E-state index contributed by atoms with van der Waals surface area (Å²) in [5.74, 6) is 1.64. The molecule has 1 saturated heterocycles. The van der Waals surface area contributed by atoms with Crippen LogP contribution < -0.4 is 19.5 Å². The first-order valence-corrected chi connectivity index (χ1v) is 10.9. The lowest BCUT2D eigenvalue weighted by Crippen LogP contribution is -2.54. The van der Waals surface area contributed by atoms with Crippen LogP contribution in [0.5, 0.6) is 17.2 Å². The summed E-state index contributed by atoms with van der Waals surface area (Å²) in [4.78, 5) is 29.2. The van der Waals surface area contributed by atoms with Gasteiger partial charge in [-0.1, -0.05) is 23.7 Å². The summed E-state index contributed by atoms with van der Waals surface area (Å²) in [6, 6.07) is 12.4. The van der Waals surface area contributed by atoms with Crippen molar-refractivity contribution in [1.82, 2.24) is 9.80 Å². The predicted octanol–water partition coefficient (Wildman–Crippen LogP) is 2.66. The molecule has 9 heteroatoms. The summed E-state index contributed by atoms with van der Waals surface area (Å²) >= 11 is 6.01. The highest BCUT2D eigenvalue weighted by atomic mass is 35.5. The molecule has 0 bridgehead atoms. The van der Waals surface area contributed by atoms with Gasteiger partial charge in [-0.3, -0.25) is 14.5 Å². The van der Waals surface area contributed by atoms with Crippen LogP contribution in [0.25, 0.3) is 0 Å². The fraction of sp³-hybridized carbons (Fsp3) is 0.391. The molecule has 1 atom stereocenters. The molecule has 2 heterocycles. The molecule has 8 nitrogen and oxygen atoms in total. The average molecular weight is 460 g/mol. The number of hydrogen-bond acceptors (Lipinski definition) is 6. The van der Waals surface area contributed by atoms with Crippen LogP contribution in [0.3, 0.4) is 0 Å². The van der Waals surface area contributed by atoms with E-state index in [1.165, 1.54) is 0 Å². The van der Waals surface area contributed by atoms with Crippen molar-refractivity contribution in [3.8, 4) is 17.2 Å². The van der Waals surface area contributed by atoms with Crippen LogP contribution in [0, 0.1) is 0 Å². The van der Waals surface area contributed by atoms with Gasteiger partial charge in [0.05, 0.1) is 12.8 Å². The van der Waals surface area contributed by atoms with Gasteiger partial charge >= 0.3 is 0 Å². The molecule has 1 fully saturated rings. The monoisotopic (exact) mass is 459 g/mol. The lowest BCUT2D eigenvalue weighted by Gasteiger charge is -2.37. The van der Waals surface area contributed by atoms with Gasteiger partial charge in [-0.05, 0) is 30.3 Å². The number of halogens is 1. The lowest BCUT2D eigenvalue weighted by molar-refractivity contribution is -0.143. The van der Waals surface area contributed by atoms with Crippen LogP contribution in [-0.2, 0) is 9.59 Å². The summed E-state index contributed by atoms with van der Waals surface area (Å²) in [6.45, 7) is 3.39. The zero-order valence-electron chi connectivity index (χ0n) is 17.9. The molecule has 2 aliphatic rings. The Balaban J connectivity index is 1.22. The normalized spacial score (nSPS) is 18.2. The zero-order chi connectivity index (χ0) is 22.5. The van der Waals surface area contributed by atoms with Crippen molar-refractivity contribution < 1.29 is 23.8 Å². The molecular weight excluding hydrogens is 434 g/mol. The highest BCUT2D eigenvalue weighted by Gasteiger charge is 2.32. The molecule has 0 saturated carbocycles. The molecule has 170 valence electrons. The van der Waals surface area contributed by atoms with Gasteiger partial charge in [0.2, 0.25) is 12.0 Å². The van der Waals surface area contributed by atoms with E-state index in [4.69, 9.17) is 25.8 Å². The minimum Gasteiger partial charge on any atom is -0.495 e. The van der Waals surface area contributed by atoms with E-state index in [2.05, 4.69) is 10.2 Å². The van der Waals surface area contributed by atoms with Crippen molar-refractivity contribution >= 4 is 29.1 Å². The Morgan fingerprint density at radius 2 is 1.88 bits per heavy atom. The number of para-hydroxylation sites is 2. The van der Waals surface area contributed by atoms with Crippen molar-refractivity contribution in [2.24, 2.45) is 0 Å². The maximum absolute atomic E-state index is 12.8. The minimum absolute atomic E-state index is 0.0649. The second-order valence-electron chi connectivity index (χ2n) is 7.67. The van der Waals surface area contributed by atoms with E-state index in [-0.39, 0.29) is 18.4 Å². The third kappa shape index (κ3) is 5.26. The number of rotatable bonds is 6. The number of nitrogens with one attached hydrogen (secondary N) is 1. The summed E-state index contributed by atoms with van der Waals surface area (Å²) in [5.41, 5.74) is 0.552. The van der Waals surface area contributed by atoms with E-state index in [1.54, 1.807) is 36.3 Å². The average Bonchev–Trinajstić information content (AvgIpc) is 2.82. The van der Waals surface area contributed by atoms with Gasteiger partial charge in [-0.25, -0.2) is 0 Å². The highest BCUT2D eigenvalue weighted by molar-refractivity contribution is 6.31. The Kier molecular flexibility index (Phi) is 7.02. The van der Waals surface area contributed by atoms with Crippen molar-refractivity contribution in [1.29, 1.82) is 0 Å².